The molecule has 2 atom stereocenters. The Hall–Kier alpha value is -2.31. The average molecular weight is 399 g/mol. The van der Waals surface area contributed by atoms with Crippen molar-refractivity contribution in [2.75, 3.05) is 4.90 Å². The summed E-state index contributed by atoms with van der Waals surface area (Å²) in [4.78, 5) is 16.4. The second kappa shape index (κ2) is 8.37. The van der Waals surface area contributed by atoms with Gasteiger partial charge >= 0.3 is 0 Å². The first-order chi connectivity index (χ1) is 13.6. The first-order valence-electron chi connectivity index (χ1n) is 9.59. The number of aliphatic hydroxyl groups excluding tert-OH is 1. The van der Waals surface area contributed by atoms with Gasteiger partial charge in [-0.3, -0.25) is 4.79 Å². The lowest BCUT2D eigenvalue weighted by Gasteiger charge is -2.31. The van der Waals surface area contributed by atoms with Gasteiger partial charge in [0.05, 0.1) is 22.7 Å². The van der Waals surface area contributed by atoms with Gasteiger partial charge in [-0.05, 0) is 42.7 Å². The number of thioether (sulfide) groups is 1. The number of amides is 1. The molecule has 1 aliphatic heterocycles. The van der Waals surface area contributed by atoms with Crippen LogP contribution < -0.4 is 10.2 Å². The summed E-state index contributed by atoms with van der Waals surface area (Å²) < 4.78 is 13.6. The van der Waals surface area contributed by atoms with Crippen molar-refractivity contribution in [2.24, 2.45) is 0 Å². The third-order valence-electron chi connectivity index (χ3n) is 5.18. The molecular formula is C22H23FN2O2S. The number of anilines is 1. The number of hydrogen-bond donors (Lipinski definition) is 2. The van der Waals surface area contributed by atoms with Crippen molar-refractivity contribution in [1.82, 2.24) is 5.32 Å². The first-order valence-corrected chi connectivity index (χ1v) is 10.4. The molecule has 2 aromatic rings. The second-order valence-corrected chi connectivity index (χ2v) is 8.34. The number of aliphatic hydroxyl groups is 1. The SMILES string of the molecule is O=C(N[C@H]1CCCC[C@@H]1O)C1=CN(Cc2cccc(F)c2)c2ccccc2S1. The Morgan fingerprint density at radius 3 is 2.82 bits per heavy atom. The van der Waals surface area contributed by atoms with Crippen molar-refractivity contribution in [3.05, 3.63) is 71.0 Å². The molecular weight excluding hydrogens is 375 g/mol. The van der Waals surface area contributed by atoms with Crippen LogP contribution in [0.25, 0.3) is 0 Å². The lowest BCUT2D eigenvalue weighted by Crippen LogP contribution is -2.45. The highest BCUT2D eigenvalue weighted by Gasteiger charge is 2.28. The lowest BCUT2D eigenvalue weighted by atomic mass is 9.92. The Morgan fingerprint density at radius 1 is 1.18 bits per heavy atom. The van der Waals surface area contributed by atoms with E-state index in [0.717, 1.165) is 41.8 Å². The molecule has 4 nitrogen and oxygen atoms in total. The van der Waals surface area contributed by atoms with E-state index < -0.39 is 6.10 Å². The van der Waals surface area contributed by atoms with Gasteiger partial charge in [0.1, 0.15) is 5.82 Å². The summed E-state index contributed by atoms with van der Waals surface area (Å²) in [6.45, 7) is 0.470. The molecule has 0 bridgehead atoms. The van der Waals surface area contributed by atoms with Crippen LogP contribution in [0.4, 0.5) is 10.1 Å². The first kappa shape index (κ1) is 19.0. The van der Waals surface area contributed by atoms with Crippen LogP contribution >= 0.6 is 11.8 Å². The number of carbonyl (C=O) groups is 1. The van der Waals surface area contributed by atoms with Gasteiger partial charge in [0, 0.05) is 17.6 Å². The summed E-state index contributed by atoms with van der Waals surface area (Å²) in [6.07, 6.45) is 4.88. The molecule has 4 rings (SSSR count). The minimum Gasteiger partial charge on any atom is -0.391 e. The Morgan fingerprint density at radius 2 is 2.00 bits per heavy atom. The quantitative estimate of drug-likeness (QED) is 0.811. The van der Waals surface area contributed by atoms with Gasteiger partial charge in [-0.1, -0.05) is 48.9 Å². The van der Waals surface area contributed by atoms with E-state index in [0.29, 0.717) is 11.4 Å². The number of hydrogen-bond acceptors (Lipinski definition) is 4. The van der Waals surface area contributed by atoms with E-state index in [1.165, 1.54) is 23.9 Å². The van der Waals surface area contributed by atoms with Crippen LogP contribution in [0.5, 0.6) is 0 Å². The predicted octanol–water partition coefficient (Wildman–Crippen LogP) is 4.20. The minimum atomic E-state index is -0.484. The van der Waals surface area contributed by atoms with Crippen LogP contribution in [0.3, 0.4) is 0 Å². The summed E-state index contributed by atoms with van der Waals surface area (Å²) in [5.41, 5.74) is 1.83. The fourth-order valence-corrected chi connectivity index (χ4v) is 4.73. The molecule has 0 aromatic heterocycles. The van der Waals surface area contributed by atoms with E-state index in [1.54, 1.807) is 6.07 Å². The molecule has 0 radical (unpaired) electrons. The van der Waals surface area contributed by atoms with Crippen molar-refractivity contribution in [3.63, 3.8) is 0 Å². The molecule has 1 amide bonds. The van der Waals surface area contributed by atoms with Crippen LogP contribution in [0.1, 0.15) is 31.2 Å². The molecule has 2 aromatic carbocycles. The van der Waals surface area contributed by atoms with Gasteiger partial charge in [0.25, 0.3) is 5.91 Å². The van der Waals surface area contributed by atoms with E-state index in [2.05, 4.69) is 5.32 Å². The standard InChI is InChI=1S/C22H23FN2O2S/c23-16-7-5-6-15(12-16)13-25-14-21(28-20-11-4-2-9-18(20)25)22(27)24-17-8-1-3-10-19(17)26/h2,4-7,9,11-12,14,17,19,26H,1,3,8,10,13H2,(H,24,27)/t17-,19-/m0/s1. The molecule has 0 spiro atoms. The van der Waals surface area contributed by atoms with E-state index in [1.807, 2.05) is 41.4 Å². The Balaban J connectivity index is 1.57. The summed E-state index contributed by atoms with van der Waals surface area (Å²) >= 11 is 1.42. The Bertz CT molecular complexity index is 902. The molecule has 28 heavy (non-hydrogen) atoms. The normalized spacial score (nSPS) is 21.6. The van der Waals surface area contributed by atoms with Crippen LogP contribution in [-0.4, -0.2) is 23.2 Å². The molecule has 6 heteroatoms. The molecule has 1 fully saturated rings. The molecule has 0 unspecified atom stereocenters. The Labute approximate surface area is 168 Å². The fraction of sp³-hybridized carbons (Fsp3) is 0.318. The number of carbonyl (C=O) groups excluding carboxylic acids is 1. The predicted molar refractivity (Wildman–Crippen MR) is 109 cm³/mol. The maximum absolute atomic E-state index is 13.6. The lowest BCUT2D eigenvalue weighted by molar-refractivity contribution is -0.118. The van der Waals surface area contributed by atoms with Crippen molar-refractivity contribution in [3.8, 4) is 0 Å². The maximum atomic E-state index is 13.6. The smallest absolute Gasteiger partial charge is 0.259 e. The molecule has 0 saturated heterocycles. The highest BCUT2D eigenvalue weighted by Crippen LogP contribution is 2.40. The molecule has 1 heterocycles. The van der Waals surface area contributed by atoms with Gasteiger partial charge in [-0.2, -0.15) is 0 Å². The topological polar surface area (TPSA) is 52.6 Å². The number of nitrogens with one attached hydrogen (secondary N) is 1. The third-order valence-corrected chi connectivity index (χ3v) is 6.26. The zero-order chi connectivity index (χ0) is 19.5. The van der Waals surface area contributed by atoms with Crippen molar-refractivity contribution in [2.45, 2.75) is 49.3 Å². The van der Waals surface area contributed by atoms with E-state index in [9.17, 15) is 14.3 Å². The van der Waals surface area contributed by atoms with Crippen LogP contribution in [0.2, 0.25) is 0 Å². The number of rotatable bonds is 4. The van der Waals surface area contributed by atoms with Crippen molar-refractivity contribution >= 4 is 23.4 Å². The summed E-state index contributed by atoms with van der Waals surface area (Å²) in [5.74, 6) is -0.444. The molecule has 1 saturated carbocycles. The Kier molecular flexibility index (Phi) is 5.69. The van der Waals surface area contributed by atoms with E-state index in [4.69, 9.17) is 0 Å². The van der Waals surface area contributed by atoms with E-state index >= 15 is 0 Å². The van der Waals surface area contributed by atoms with Gasteiger partial charge in [-0.15, -0.1) is 0 Å². The monoisotopic (exact) mass is 398 g/mol. The number of fused-ring (bicyclic) bond motifs is 1. The summed E-state index contributed by atoms with van der Waals surface area (Å²) in [6, 6.07) is 14.2. The number of nitrogens with zero attached hydrogens (tertiary/aromatic N) is 1. The summed E-state index contributed by atoms with van der Waals surface area (Å²) in [5, 5.41) is 13.2. The zero-order valence-corrected chi connectivity index (χ0v) is 16.3. The fourth-order valence-electron chi connectivity index (χ4n) is 3.72. The van der Waals surface area contributed by atoms with Gasteiger partial charge in [-0.25, -0.2) is 4.39 Å². The average Bonchev–Trinajstić information content (AvgIpc) is 2.69. The van der Waals surface area contributed by atoms with E-state index in [-0.39, 0.29) is 17.8 Å². The minimum absolute atomic E-state index is 0.172. The maximum Gasteiger partial charge on any atom is 0.259 e. The van der Waals surface area contributed by atoms with Crippen LogP contribution in [-0.2, 0) is 11.3 Å². The molecule has 2 N–H and O–H groups in total. The van der Waals surface area contributed by atoms with Gasteiger partial charge < -0.3 is 15.3 Å². The van der Waals surface area contributed by atoms with Crippen molar-refractivity contribution in [1.29, 1.82) is 0 Å². The summed E-state index contributed by atoms with van der Waals surface area (Å²) in [7, 11) is 0. The van der Waals surface area contributed by atoms with Crippen LogP contribution in [0.15, 0.2) is 64.5 Å². The van der Waals surface area contributed by atoms with Crippen LogP contribution in [0, 0.1) is 5.82 Å². The van der Waals surface area contributed by atoms with Gasteiger partial charge in [0.2, 0.25) is 0 Å². The molecule has 1 aliphatic carbocycles. The van der Waals surface area contributed by atoms with Crippen molar-refractivity contribution < 1.29 is 14.3 Å². The molecule has 2 aliphatic rings. The highest BCUT2D eigenvalue weighted by atomic mass is 32.2. The number of halogens is 1. The molecule has 146 valence electrons. The zero-order valence-electron chi connectivity index (χ0n) is 15.5. The highest BCUT2D eigenvalue weighted by molar-refractivity contribution is 8.04. The third kappa shape index (κ3) is 4.23. The number of para-hydroxylation sites is 1. The largest absolute Gasteiger partial charge is 0.391 e. The number of benzene rings is 2. The second-order valence-electron chi connectivity index (χ2n) is 7.25. The van der Waals surface area contributed by atoms with Gasteiger partial charge in [0.15, 0.2) is 0 Å².